The third-order valence-corrected chi connectivity index (χ3v) is 2.56. The van der Waals surface area contributed by atoms with Crippen molar-refractivity contribution in [3.63, 3.8) is 0 Å². The highest BCUT2D eigenvalue weighted by molar-refractivity contribution is 5.76. The Bertz CT molecular complexity index is 580. The number of nitrogens with zero attached hydrogens (tertiary/aromatic N) is 2. The van der Waals surface area contributed by atoms with E-state index >= 15 is 0 Å². The summed E-state index contributed by atoms with van der Waals surface area (Å²) in [7, 11) is 0. The van der Waals surface area contributed by atoms with E-state index in [0.717, 1.165) is 0 Å². The molecular weight excluding hydrogens is 239 g/mol. The second-order valence-corrected chi connectivity index (χ2v) is 3.79. The quantitative estimate of drug-likeness (QED) is 0.881. The summed E-state index contributed by atoms with van der Waals surface area (Å²) in [5.41, 5.74) is 1.36. The van der Waals surface area contributed by atoms with E-state index in [4.69, 9.17) is 9.84 Å². The molecule has 18 heavy (non-hydrogen) atoms. The molecule has 1 N–H and O–H groups in total. The van der Waals surface area contributed by atoms with Crippen LogP contribution in [0.2, 0.25) is 0 Å². The molecule has 0 aliphatic rings. The Hall–Kier alpha value is -1.95. The fraction of sp³-hybridized carbons (Fsp3) is 0.333. The van der Waals surface area contributed by atoms with Gasteiger partial charge in [0.1, 0.15) is 24.9 Å². The van der Waals surface area contributed by atoms with Gasteiger partial charge in [0.15, 0.2) is 0 Å². The van der Waals surface area contributed by atoms with Crippen LogP contribution in [-0.4, -0.2) is 27.2 Å². The number of aryl methyl sites for hydroxylation is 1. The van der Waals surface area contributed by atoms with Crippen molar-refractivity contribution < 1.29 is 19.0 Å². The van der Waals surface area contributed by atoms with E-state index < -0.39 is 5.97 Å². The monoisotopic (exact) mass is 252 g/mol. The molecule has 0 aliphatic carbocycles. The van der Waals surface area contributed by atoms with Crippen LogP contribution in [0.3, 0.4) is 0 Å². The predicted octanol–water partition coefficient (Wildman–Crippen LogP) is 1.80. The maximum absolute atomic E-state index is 13.2. The second kappa shape index (κ2) is 5.14. The minimum absolute atomic E-state index is 0.0937. The smallest absolute Gasteiger partial charge is 0.329 e. The summed E-state index contributed by atoms with van der Waals surface area (Å²) >= 11 is 0. The third kappa shape index (κ3) is 2.48. The number of carboxylic acids is 1. The molecule has 1 aromatic carbocycles. The lowest BCUT2D eigenvalue weighted by Gasteiger charge is -2.05. The van der Waals surface area contributed by atoms with E-state index in [1.807, 2.05) is 6.92 Å². The Morgan fingerprint density at radius 3 is 3.00 bits per heavy atom. The summed E-state index contributed by atoms with van der Waals surface area (Å²) in [6, 6.07) is 4.35. The molecule has 2 rings (SSSR count). The average molecular weight is 252 g/mol. The van der Waals surface area contributed by atoms with E-state index in [2.05, 4.69) is 4.98 Å². The molecule has 0 unspecified atom stereocenters. The number of rotatable bonds is 5. The largest absolute Gasteiger partial charge is 0.480 e. The molecule has 5 nitrogen and oxygen atoms in total. The minimum Gasteiger partial charge on any atom is -0.480 e. The van der Waals surface area contributed by atoms with E-state index in [-0.39, 0.29) is 19.0 Å². The van der Waals surface area contributed by atoms with Crippen molar-refractivity contribution in [3.05, 3.63) is 29.8 Å². The summed E-state index contributed by atoms with van der Waals surface area (Å²) in [5, 5.41) is 8.49. The van der Waals surface area contributed by atoms with Crippen molar-refractivity contribution in [2.24, 2.45) is 0 Å². The fourth-order valence-corrected chi connectivity index (χ4v) is 1.84. The van der Waals surface area contributed by atoms with Crippen LogP contribution in [0, 0.1) is 5.82 Å². The van der Waals surface area contributed by atoms with Crippen LogP contribution in [0.5, 0.6) is 0 Å². The standard InChI is InChI=1S/C12H13FN2O3/c1-2-15-10-5-8(13)3-4-9(10)14-11(15)6-18-7-12(16)17/h3-5H,2,6-7H2,1H3,(H,16,17). The maximum Gasteiger partial charge on any atom is 0.329 e. The molecule has 1 aromatic heterocycles. The fourth-order valence-electron chi connectivity index (χ4n) is 1.84. The van der Waals surface area contributed by atoms with E-state index in [1.54, 1.807) is 10.6 Å². The Labute approximate surface area is 103 Å². The van der Waals surface area contributed by atoms with Gasteiger partial charge < -0.3 is 14.4 Å². The van der Waals surface area contributed by atoms with Gasteiger partial charge in [-0.1, -0.05) is 0 Å². The first-order valence-corrected chi connectivity index (χ1v) is 5.56. The molecule has 0 fully saturated rings. The van der Waals surface area contributed by atoms with Gasteiger partial charge in [0.2, 0.25) is 0 Å². The average Bonchev–Trinajstić information content (AvgIpc) is 2.65. The zero-order valence-corrected chi connectivity index (χ0v) is 9.89. The van der Waals surface area contributed by atoms with Crippen LogP contribution < -0.4 is 0 Å². The van der Waals surface area contributed by atoms with E-state index in [0.29, 0.717) is 23.4 Å². The summed E-state index contributed by atoms with van der Waals surface area (Å²) in [5.74, 6) is -0.755. The number of halogens is 1. The molecule has 96 valence electrons. The van der Waals surface area contributed by atoms with Crippen LogP contribution >= 0.6 is 0 Å². The molecule has 0 spiro atoms. The van der Waals surface area contributed by atoms with Crippen molar-refractivity contribution in [3.8, 4) is 0 Å². The summed E-state index contributed by atoms with van der Waals surface area (Å²) in [4.78, 5) is 14.7. The van der Waals surface area contributed by atoms with Gasteiger partial charge in [-0.2, -0.15) is 0 Å². The van der Waals surface area contributed by atoms with Crippen molar-refractivity contribution in [1.82, 2.24) is 9.55 Å². The molecular formula is C12H13FN2O3. The van der Waals surface area contributed by atoms with Gasteiger partial charge in [0.05, 0.1) is 11.0 Å². The number of aliphatic carboxylic acids is 1. The first kappa shape index (κ1) is 12.5. The normalized spacial score (nSPS) is 11.0. The molecule has 1 heterocycles. The number of ether oxygens (including phenoxy) is 1. The lowest BCUT2D eigenvalue weighted by molar-refractivity contribution is -0.142. The van der Waals surface area contributed by atoms with Gasteiger partial charge in [-0.3, -0.25) is 0 Å². The molecule has 0 atom stereocenters. The Kier molecular flexibility index (Phi) is 3.57. The van der Waals surface area contributed by atoms with Crippen molar-refractivity contribution >= 4 is 17.0 Å². The maximum atomic E-state index is 13.2. The predicted molar refractivity (Wildman–Crippen MR) is 62.7 cm³/mol. The van der Waals surface area contributed by atoms with Gasteiger partial charge in [-0.15, -0.1) is 0 Å². The SMILES string of the molecule is CCn1c(COCC(=O)O)nc2ccc(F)cc21. The van der Waals surface area contributed by atoms with Crippen LogP contribution in [0.25, 0.3) is 11.0 Å². The van der Waals surface area contributed by atoms with Crippen molar-refractivity contribution in [2.75, 3.05) is 6.61 Å². The van der Waals surface area contributed by atoms with E-state index in [1.165, 1.54) is 12.1 Å². The second-order valence-electron chi connectivity index (χ2n) is 3.79. The highest BCUT2D eigenvalue weighted by Gasteiger charge is 2.10. The number of imidazole rings is 1. The minimum atomic E-state index is -1.03. The highest BCUT2D eigenvalue weighted by Crippen LogP contribution is 2.18. The molecule has 2 aromatic rings. The topological polar surface area (TPSA) is 64.3 Å². The number of fused-ring (bicyclic) bond motifs is 1. The molecule has 0 amide bonds. The highest BCUT2D eigenvalue weighted by atomic mass is 19.1. The van der Waals surface area contributed by atoms with Crippen LogP contribution in [0.4, 0.5) is 4.39 Å². The van der Waals surface area contributed by atoms with Gasteiger partial charge >= 0.3 is 5.97 Å². The van der Waals surface area contributed by atoms with Gasteiger partial charge in [0, 0.05) is 6.54 Å². The number of carbonyl (C=O) groups is 1. The number of carboxylic acid groups (broad SMARTS) is 1. The van der Waals surface area contributed by atoms with E-state index in [9.17, 15) is 9.18 Å². The van der Waals surface area contributed by atoms with Crippen molar-refractivity contribution in [2.45, 2.75) is 20.1 Å². The molecule has 0 bridgehead atoms. The van der Waals surface area contributed by atoms with Crippen molar-refractivity contribution in [1.29, 1.82) is 0 Å². The zero-order chi connectivity index (χ0) is 13.1. The zero-order valence-electron chi connectivity index (χ0n) is 9.89. The van der Waals surface area contributed by atoms with Crippen LogP contribution in [0.15, 0.2) is 18.2 Å². The molecule has 6 heteroatoms. The molecule has 0 saturated carbocycles. The molecule has 0 aliphatic heterocycles. The number of aromatic nitrogens is 2. The Morgan fingerprint density at radius 1 is 1.56 bits per heavy atom. The van der Waals surface area contributed by atoms with Gasteiger partial charge in [-0.05, 0) is 25.1 Å². The number of hydrogen-bond acceptors (Lipinski definition) is 3. The summed E-state index contributed by atoms with van der Waals surface area (Å²) in [6.07, 6.45) is 0. The Balaban J connectivity index is 2.29. The first-order valence-electron chi connectivity index (χ1n) is 5.56. The van der Waals surface area contributed by atoms with Crippen LogP contribution in [0.1, 0.15) is 12.7 Å². The summed E-state index contributed by atoms with van der Waals surface area (Å²) in [6.45, 7) is 2.25. The van der Waals surface area contributed by atoms with Gasteiger partial charge in [0.25, 0.3) is 0 Å². The molecule has 0 saturated heterocycles. The molecule has 0 radical (unpaired) electrons. The van der Waals surface area contributed by atoms with Crippen LogP contribution in [-0.2, 0) is 22.7 Å². The Morgan fingerprint density at radius 2 is 2.33 bits per heavy atom. The number of hydrogen-bond donors (Lipinski definition) is 1. The first-order chi connectivity index (χ1) is 8.61. The lowest BCUT2D eigenvalue weighted by atomic mass is 10.3. The third-order valence-electron chi connectivity index (χ3n) is 2.56. The number of benzene rings is 1. The summed E-state index contributed by atoms with van der Waals surface area (Å²) < 4.78 is 20.0. The lowest BCUT2D eigenvalue weighted by Crippen LogP contribution is -2.10. The van der Waals surface area contributed by atoms with Gasteiger partial charge in [-0.25, -0.2) is 14.2 Å².